The molecule has 1 saturated heterocycles. The van der Waals surface area contributed by atoms with Crippen molar-refractivity contribution < 1.29 is 21.6 Å². The SMILES string of the molecule is CC1CNCC(C)N1S(=O)(=O)CCCC(F)(F)F. The van der Waals surface area contributed by atoms with E-state index in [0.29, 0.717) is 13.1 Å². The number of alkyl halides is 3. The molecule has 0 aliphatic carbocycles. The Morgan fingerprint density at radius 2 is 1.72 bits per heavy atom. The molecule has 2 atom stereocenters. The van der Waals surface area contributed by atoms with Gasteiger partial charge in [0.25, 0.3) is 0 Å². The molecule has 0 saturated carbocycles. The normalized spacial score (nSPS) is 27.4. The summed E-state index contributed by atoms with van der Waals surface area (Å²) in [6.45, 7) is 4.57. The summed E-state index contributed by atoms with van der Waals surface area (Å²) in [4.78, 5) is 0. The minimum absolute atomic E-state index is 0.218. The van der Waals surface area contributed by atoms with E-state index in [1.165, 1.54) is 4.31 Å². The van der Waals surface area contributed by atoms with Gasteiger partial charge in [-0.05, 0) is 20.3 Å². The highest BCUT2D eigenvalue weighted by atomic mass is 32.2. The molecule has 0 spiro atoms. The topological polar surface area (TPSA) is 49.4 Å². The zero-order valence-electron chi connectivity index (χ0n) is 10.5. The smallest absolute Gasteiger partial charge is 0.314 e. The molecule has 1 N–H and O–H groups in total. The van der Waals surface area contributed by atoms with Crippen molar-refractivity contribution in [2.24, 2.45) is 0 Å². The van der Waals surface area contributed by atoms with Crippen molar-refractivity contribution in [3.05, 3.63) is 0 Å². The zero-order valence-corrected chi connectivity index (χ0v) is 11.3. The molecule has 4 nitrogen and oxygen atoms in total. The second kappa shape index (κ2) is 5.75. The summed E-state index contributed by atoms with van der Waals surface area (Å²) in [6.07, 6.45) is -5.73. The van der Waals surface area contributed by atoms with Gasteiger partial charge >= 0.3 is 6.18 Å². The van der Waals surface area contributed by atoms with Crippen LogP contribution >= 0.6 is 0 Å². The molecule has 1 heterocycles. The standard InChI is InChI=1S/C10H19F3N2O2S/c1-8-6-14-7-9(2)15(8)18(16,17)5-3-4-10(11,12)13/h8-9,14H,3-7H2,1-2H3. The first-order chi connectivity index (χ1) is 8.13. The highest BCUT2D eigenvalue weighted by molar-refractivity contribution is 7.89. The fraction of sp³-hybridized carbons (Fsp3) is 1.00. The van der Waals surface area contributed by atoms with Gasteiger partial charge in [-0.1, -0.05) is 0 Å². The first-order valence-corrected chi connectivity index (χ1v) is 7.53. The second-order valence-corrected chi connectivity index (χ2v) is 6.71. The summed E-state index contributed by atoms with van der Waals surface area (Å²) >= 11 is 0. The van der Waals surface area contributed by atoms with Crippen LogP contribution in [0.2, 0.25) is 0 Å². The van der Waals surface area contributed by atoms with Crippen LogP contribution < -0.4 is 5.32 Å². The van der Waals surface area contributed by atoms with E-state index in [1.54, 1.807) is 13.8 Å². The van der Waals surface area contributed by atoms with Gasteiger partial charge in [-0.15, -0.1) is 0 Å². The zero-order chi connectivity index (χ0) is 14.0. The van der Waals surface area contributed by atoms with Crippen LogP contribution in [-0.4, -0.2) is 49.8 Å². The predicted octanol–water partition coefficient (Wildman–Crippen LogP) is 1.34. The van der Waals surface area contributed by atoms with Crippen molar-refractivity contribution in [1.82, 2.24) is 9.62 Å². The first-order valence-electron chi connectivity index (χ1n) is 5.92. The molecule has 1 aliphatic heterocycles. The van der Waals surface area contributed by atoms with Gasteiger partial charge in [0.2, 0.25) is 10.0 Å². The van der Waals surface area contributed by atoms with Crippen LogP contribution in [0.25, 0.3) is 0 Å². The van der Waals surface area contributed by atoms with Crippen molar-refractivity contribution in [1.29, 1.82) is 0 Å². The first kappa shape index (κ1) is 15.7. The van der Waals surface area contributed by atoms with Crippen LogP contribution in [0, 0.1) is 0 Å². The van der Waals surface area contributed by atoms with Crippen molar-refractivity contribution in [3.8, 4) is 0 Å². The summed E-state index contributed by atoms with van der Waals surface area (Å²) in [5.74, 6) is -0.443. The maximum Gasteiger partial charge on any atom is 0.389 e. The Balaban J connectivity index is 2.62. The molecular formula is C10H19F3N2O2S. The third-order valence-electron chi connectivity index (χ3n) is 2.93. The Kier molecular flexibility index (Phi) is 5.02. The van der Waals surface area contributed by atoms with E-state index in [9.17, 15) is 21.6 Å². The maximum absolute atomic E-state index is 12.0. The van der Waals surface area contributed by atoms with Gasteiger partial charge in [0.1, 0.15) is 0 Å². The number of nitrogens with one attached hydrogen (secondary N) is 1. The Morgan fingerprint density at radius 1 is 1.22 bits per heavy atom. The Bertz CT molecular complexity index is 360. The number of halogens is 3. The van der Waals surface area contributed by atoms with Crippen molar-refractivity contribution >= 4 is 10.0 Å². The molecule has 1 rings (SSSR count). The number of rotatable bonds is 4. The summed E-state index contributed by atoms with van der Waals surface area (Å²) in [7, 11) is -3.61. The third-order valence-corrected chi connectivity index (χ3v) is 5.10. The lowest BCUT2D eigenvalue weighted by molar-refractivity contribution is -0.134. The van der Waals surface area contributed by atoms with Crippen LogP contribution in [0.1, 0.15) is 26.7 Å². The van der Waals surface area contributed by atoms with E-state index >= 15 is 0 Å². The summed E-state index contributed by atoms with van der Waals surface area (Å²) in [5.41, 5.74) is 0. The minimum atomic E-state index is -4.30. The number of sulfonamides is 1. The minimum Gasteiger partial charge on any atom is -0.314 e. The molecule has 0 bridgehead atoms. The third kappa shape index (κ3) is 4.40. The molecule has 108 valence electrons. The van der Waals surface area contributed by atoms with Crippen molar-refractivity contribution in [2.75, 3.05) is 18.8 Å². The molecule has 18 heavy (non-hydrogen) atoms. The van der Waals surface area contributed by atoms with E-state index in [1.807, 2.05) is 0 Å². The molecule has 8 heteroatoms. The van der Waals surface area contributed by atoms with E-state index in [4.69, 9.17) is 0 Å². The molecule has 0 aromatic heterocycles. The van der Waals surface area contributed by atoms with Crippen LogP contribution in [0.15, 0.2) is 0 Å². The predicted molar refractivity (Wildman–Crippen MR) is 62.7 cm³/mol. The quantitative estimate of drug-likeness (QED) is 0.849. The Labute approximate surface area is 106 Å². The van der Waals surface area contributed by atoms with Gasteiger partial charge in [-0.2, -0.15) is 17.5 Å². The average molecular weight is 288 g/mol. The van der Waals surface area contributed by atoms with Crippen LogP contribution in [-0.2, 0) is 10.0 Å². The molecule has 0 amide bonds. The van der Waals surface area contributed by atoms with E-state index in [2.05, 4.69) is 5.32 Å². The van der Waals surface area contributed by atoms with Gasteiger partial charge in [0.15, 0.2) is 0 Å². The van der Waals surface area contributed by atoms with Crippen LogP contribution in [0.3, 0.4) is 0 Å². The average Bonchev–Trinajstić information content (AvgIpc) is 2.13. The summed E-state index contributed by atoms with van der Waals surface area (Å²) in [5, 5.41) is 3.08. The highest BCUT2D eigenvalue weighted by Crippen LogP contribution is 2.23. The Hall–Kier alpha value is -0.340. The Morgan fingerprint density at radius 3 is 2.17 bits per heavy atom. The van der Waals surface area contributed by atoms with Crippen molar-refractivity contribution in [2.45, 2.75) is 44.9 Å². The van der Waals surface area contributed by atoms with Crippen LogP contribution in [0.5, 0.6) is 0 Å². The monoisotopic (exact) mass is 288 g/mol. The summed E-state index contributed by atoms with van der Waals surface area (Å²) in [6, 6.07) is -0.436. The number of hydrogen-bond acceptors (Lipinski definition) is 3. The molecule has 0 aromatic rings. The molecule has 0 radical (unpaired) electrons. The lowest BCUT2D eigenvalue weighted by Gasteiger charge is -2.38. The summed E-state index contributed by atoms with van der Waals surface area (Å²) < 4.78 is 61.4. The highest BCUT2D eigenvalue weighted by Gasteiger charge is 2.35. The lowest BCUT2D eigenvalue weighted by atomic mass is 10.2. The molecule has 2 unspecified atom stereocenters. The second-order valence-electron chi connectivity index (χ2n) is 4.72. The molecular weight excluding hydrogens is 269 g/mol. The van der Waals surface area contributed by atoms with Crippen LogP contribution in [0.4, 0.5) is 13.2 Å². The van der Waals surface area contributed by atoms with Gasteiger partial charge in [-0.3, -0.25) is 0 Å². The van der Waals surface area contributed by atoms with E-state index in [-0.39, 0.29) is 18.5 Å². The van der Waals surface area contributed by atoms with E-state index < -0.39 is 28.4 Å². The molecule has 1 aliphatic rings. The van der Waals surface area contributed by atoms with Crippen molar-refractivity contribution in [3.63, 3.8) is 0 Å². The molecule has 0 aromatic carbocycles. The van der Waals surface area contributed by atoms with Gasteiger partial charge in [0, 0.05) is 31.6 Å². The van der Waals surface area contributed by atoms with Gasteiger partial charge < -0.3 is 5.32 Å². The number of piperazine rings is 1. The fourth-order valence-corrected chi connectivity index (χ4v) is 4.19. The molecule has 1 fully saturated rings. The lowest BCUT2D eigenvalue weighted by Crippen LogP contribution is -2.57. The van der Waals surface area contributed by atoms with Gasteiger partial charge in [0.05, 0.1) is 5.75 Å². The van der Waals surface area contributed by atoms with E-state index in [0.717, 1.165) is 0 Å². The number of nitrogens with zero attached hydrogens (tertiary/aromatic N) is 1. The maximum atomic E-state index is 12.0. The van der Waals surface area contributed by atoms with Gasteiger partial charge in [-0.25, -0.2) is 8.42 Å². The fourth-order valence-electron chi connectivity index (χ4n) is 2.22. The number of hydrogen-bond donors (Lipinski definition) is 1. The largest absolute Gasteiger partial charge is 0.389 e.